The van der Waals surface area contributed by atoms with Gasteiger partial charge in [0.2, 0.25) is 0 Å². The first-order valence-electron chi connectivity index (χ1n) is 5.51. The average molecular weight is 223 g/mol. The summed E-state index contributed by atoms with van der Waals surface area (Å²) < 4.78 is 0. The number of benzene rings is 1. The Bertz CT molecular complexity index is 318. The van der Waals surface area contributed by atoms with Crippen molar-refractivity contribution in [3.05, 3.63) is 29.3 Å². The van der Waals surface area contributed by atoms with E-state index in [0.717, 1.165) is 6.42 Å². The highest BCUT2D eigenvalue weighted by Crippen LogP contribution is 2.28. The van der Waals surface area contributed by atoms with E-state index in [2.05, 4.69) is 45.9 Å². The van der Waals surface area contributed by atoms with E-state index in [4.69, 9.17) is 5.73 Å². The molecule has 1 atom stereocenters. The number of rotatable bonds is 4. The maximum Gasteiger partial charge on any atom is 0.0107 e. The highest BCUT2D eigenvalue weighted by atomic mass is 32.2. The van der Waals surface area contributed by atoms with Gasteiger partial charge in [0.05, 0.1) is 0 Å². The lowest BCUT2D eigenvalue weighted by molar-refractivity contribution is 0.728. The Kier molecular flexibility index (Phi) is 4.68. The minimum absolute atomic E-state index is 0.235. The van der Waals surface area contributed by atoms with Crippen LogP contribution in [0.4, 0.5) is 0 Å². The van der Waals surface area contributed by atoms with Crippen LogP contribution in [0.3, 0.4) is 0 Å². The van der Waals surface area contributed by atoms with Gasteiger partial charge < -0.3 is 5.73 Å². The normalized spacial score (nSPS) is 13.2. The molecule has 2 N–H and O–H groups in total. The van der Waals surface area contributed by atoms with E-state index in [1.807, 2.05) is 11.8 Å². The van der Waals surface area contributed by atoms with Gasteiger partial charge in [0.15, 0.2) is 0 Å². The van der Waals surface area contributed by atoms with E-state index < -0.39 is 0 Å². The van der Waals surface area contributed by atoms with Gasteiger partial charge in [-0.15, -0.1) is 11.8 Å². The minimum Gasteiger partial charge on any atom is -0.328 e. The number of hydrogen-bond donors (Lipinski definition) is 1. The van der Waals surface area contributed by atoms with Gasteiger partial charge in [0.1, 0.15) is 0 Å². The summed E-state index contributed by atoms with van der Waals surface area (Å²) in [6, 6.07) is 6.89. The van der Waals surface area contributed by atoms with Crippen LogP contribution in [-0.2, 0) is 6.42 Å². The molecule has 0 saturated carbocycles. The van der Waals surface area contributed by atoms with Crippen molar-refractivity contribution < 1.29 is 0 Å². The zero-order chi connectivity index (χ0) is 11.4. The van der Waals surface area contributed by atoms with Gasteiger partial charge in [-0.3, -0.25) is 0 Å². The smallest absolute Gasteiger partial charge is 0.0107 e. The van der Waals surface area contributed by atoms with Crippen molar-refractivity contribution in [1.29, 1.82) is 0 Å². The first kappa shape index (κ1) is 12.6. The molecular formula is C13H21NS. The molecule has 0 aliphatic rings. The molecule has 0 aliphatic carbocycles. The molecule has 0 heterocycles. The first-order chi connectivity index (χ1) is 6.99. The zero-order valence-electron chi connectivity index (χ0n) is 10.1. The Morgan fingerprint density at radius 2 is 1.93 bits per heavy atom. The summed E-state index contributed by atoms with van der Waals surface area (Å²) in [5.41, 5.74) is 8.58. The molecule has 0 bridgehead atoms. The molecule has 0 aliphatic heterocycles. The largest absolute Gasteiger partial charge is 0.328 e. The maximum absolute atomic E-state index is 5.86. The van der Waals surface area contributed by atoms with Gasteiger partial charge in [-0.25, -0.2) is 0 Å². The van der Waals surface area contributed by atoms with Crippen molar-refractivity contribution in [3.63, 3.8) is 0 Å². The number of nitrogens with two attached hydrogens (primary N) is 1. The van der Waals surface area contributed by atoms with Crippen molar-refractivity contribution in [3.8, 4) is 0 Å². The van der Waals surface area contributed by atoms with Gasteiger partial charge in [-0.05, 0) is 31.9 Å². The number of hydrogen-bond acceptors (Lipinski definition) is 2. The van der Waals surface area contributed by atoms with Crippen LogP contribution in [0.5, 0.6) is 0 Å². The molecule has 0 radical (unpaired) electrons. The third-order valence-corrected chi connectivity index (χ3v) is 3.24. The van der Waals surface area contributed by atoms with Crippen LogP contribution >= 0.6 is 11.8 Å². The van der Waals surface area contributed by atoms with E-state index in [1.54, 1.807) is 0 Å². The highest BCUT2D eigenvalue weighted by Gasteiger charge is 2.07. The van der Waals surface area contributed by atoms with Gasteiger partial charge in [-0.1, -0.05) is 31.5 Å². The van der Waals surface area contributed by atoms with Crippen LogP contribution in [0.15, 0.2) is 23.1 Å². The molecule has 0 amide bonds. The molecule has 2 heteroatoms. The van der Waals surface area contributed by atoms with Crippen molar-refractivity contribution >= 4 is 11.8 Å². The summed E-state index contributed by atoms with van der Waals surface area (Å²) in [6.45, 7) is 8.64. The molecule has 1 aromatic rings. The summed E-state index contributed by atoms with van der Waals surface area (Å²) in [5.74, 6) is 0. The highest BCUT2D eigenvalue weighted by molar-refractivity contribution is 8.00. The molecule has 1 rings (SSSR count). The second kappa shape index (κ2) is 5.57. The topological polar surface area (TPSA) is 26.0 Å². The monoisotopic (exact) mass is 223 g/mol. The van der Waals surface area contributed by atoms with Crippen LogP contribution in [0, 0.1) is 6.92 Å². The molecule has 0 saturated heterocycles. The van der Waals surface area contributed by atoms with Crippen molar-refractivity contribution in [2.24, 2.45) is 5.73 Å². The summed E-state index contributed by atoms with van der Waals surface area (Å²) >= 11 is 1.92. The van der Waals surface area contributed by atoms with E-state index in [9.17, 15) is 0 Å². The summed E-state index contributed by atoms with van der Waals surface area (Å²) in [5, 5.41) is 0.625. The number of aryl methyl sites for hydroxylation is 1. The van der Waals surface area contributed by atoms with E-state index in [-0.39, 0.29) is 6.04 Å². The lowest BCUT2D eigenvalue weighted by Crippen LogP contribution is -2.18. The molecule has 1 unspecified atom stereocenters. The fourth-order valence-electron chi connectivity index (χ4n) is 1.58. The van der Waals surface area contributed by atoms with E-state index >= 15 is 0 Å². The van der Waals surface area contributed by atoms with Crippen LogP contribution in [-0.4, -0.2) is 11.3 Å². The second-order valence-electron chi connectivity index (χ2n) is 4.46. The lowest BCUT2D eigenvalue weighted by Gasteiger charge is -2.13. The molecule has 0 spiro atoms. The van der Waals surface area contributed by atoms with Crippen LogP contribution in [0.2, 0.25) is 0 Å². The zero-order valence-corrected chi connectivity index (χ0v) is 10.9. The SMILES string of the molecule is Cc1ccc(SC(C)C)c(CC(C)N)c1. The van der Waals surface area contributed by atoms with Crippen molar-refractivity contribution in [1.82, 2.24) is 0 Å². The first-order valence-corrected chi connectivity index (χ1v) is 6.38. The Morgan fingerprint density at radius 1 is 1.27 bits per heavy atom. The molecule has 0 fully saturated rings. The molecule has 1 nitrogen and oxygen atoms in total. The molecule has 15 heavy (non-hydrogen) atoms. The third kappa shape index (κ3) is 4.27. The maximum atomic E-state index is 5.86. The van der Waals surface area contributed by atoms with Gasteiger partial charge in [-0.2, -0.15) is 0 Å². The van der Waals surface area contributed by atoms with Gasteiger partial charge in [0, 0.05) is 16.2 Å². The predicted octanol–water partition coefficient (Wildman–Crippen LogP) is 3.39. The van der Waals surface area contributed by atoms with Crippen LogP contribution in [0.25, 0.3) is 0 Å². The molecular weight excluding hydrogens is 202 g/mol. The third-order valence-electron chi connectivity index (χ3n) is 2.12. The Hall–Kier alpha value is -0.470. The minimum atomic E-state index is 0.235. The number of thioether (sulfide) groups is 1. The fraction of sp³-hybridized carbons (Fsp3) is 0.538. The molecule has 1 aromatic carbocycles. The summed E-state index contributed by atoms with van der Waals surface area (Å²) in [7, 11) is 0. The van der Waals surface area contributed by atoms with E-state index in [1.165, 1.54) is 16.0 Å². The van der Waals surface area contributed by atoms with E-state index in [0.29, 0.717) is 5.25 Å². The van der Waals surface area contributed by atoms with Gasteiger partial charge >= 0.3 is 0 Å². The summed E-state index contributed by atoms with van der Waals surface area (Å²) in [6.07, 6.45) is 0.969. The average Bonchev–Trinajstić information content (AvgIpc) is 2.08. The van der Waals surface area contributed by atoms with Crippen LogP contribution in [0.1, 0.15) is 31.9 Å². The quantitative estimate of drug-likeness (QED) is 0.792. The lowest BCUT2D eigenvalue weighted by atomic mass is 10.1. The van der Waals surface area contributed by atoms with Crippen LogP contribution < -0.4 is 5.73 Å². The van der Waals surface area contributed by atoms with Gasteiger partial charge in [0.25, 0.3) is 0 Å². The fourth-order valence-corrected chi connectivity index (χ4v) is 2.53. The second-order valence-corrected chi connectivity index (χ2v) is 6.08. The standard InChI is InChI=1S/C13H21NS/c1-9(2)15-13-6-5-10(3)7-12(13)8-11(4)14/h5-7,9,11H,8,14H2,1-4H3. The Labute approximate surface area is 97.4 Å². The van der Waals surface area contributed by atoms with Crippen molar-refractivity contribution in [2.75, 3.05) is 0 Å². The molecule has 0 aromatic heterocycles. The summed E-state index contributed by atoms with van der Waals surface area (Å²) in [4.78, 5) is 1.38. The Morgan fingerprint density at radius 3 is 2.47 bits per heavy atom. The molecule has 84 valence electrons. The predicted molar refractivity (Wildman–Crippen MR) is 69.5 cm³/mol. The Balaban J connectivity index is 2.92. The van der Waals surface area contributed by atoms with Crippen molar-refractivity contribution in [2.45, 2.75) is 50.3 Å².